The summed E-state index contributed by atoms with van der Waals surface area (Å²) in [5.74, 6) is -1.02. The Hall–Kier alpha value is -1.92. The number of carbonyl (C=O) groups is 2. The lowest BCUT2D eigenvalue weighted by atomic mass is 10.1. The Labute approximate surface area is 117 Å². The van der Waals surface area contributed by atoms with Crippen LogP contribution in [0.1, 0.15) is 5.56 Å². The van der Waals surface area contributed by atoms with Gasteiger partial charge in [-0.15, -0.1) is 0 Å². The first-order valence-corrected chi connectivity index (χ1v) is 6.68. The van der Waals surface area contributed by atoms with Crippen LogP contribution in [0, 0.1) is 0 Å². The van der Waals surface area contributed by atoms with Crippen LogP contribution in [0.15, 0.2) is 24.3 Å². The van der Waals surface area contributed by atoms with Crippen LogP contribution in [-0.2, 0) is 16.0 Å². The van der Waals surface area contributed by atoms with Crippen molar-refractivity contribution in [2.24, 2.45) is 0 Å². The summed E-state index contributed by atoms with van der Waals surface area (Å²) < 4.78 is 0. The number of para-hydroxylation sites is 1. The Kier molecular flexibility index (Phi) is 5.09. The van der Waals surface area contributed by atoms with Crippen LogP contribution in [0.5, 0.6) is 0 Å². The number of amides is 1. The van der Waals surface area contributed by atoms with Crippen molar-refractivity contribution in [2.45, 2.75) is 6.42 Å². The van der Waals surface area contributed by atoms with Gasteiger partial charge in [0.2, 0.25) is 5.91 Å². The average Bonchev–Trinajstić information content (AvgIpc) is 2.41. The second-order valence-corrected chi connectivity index (χ2v) is 4.80. The fourth-order valence-electron chi connectivity index (χ4n) is 2.22. The molecule has 1 aliphatic rings. The Morgan fingerprint density at radius 2 is 1.95 bits per heavy atom. The minimum absolute atomic E-state index is 0.0932. The highest BCUT2D eigenvalue weighted by Crippen LogP contribution is 2.15. The van der Waals surface area contributed by atoms with Crippen molar-refractivity contribution in [1.29, 1.82) is 0 Å². The Morgan fingerprint density at radius 1 is 1.25 bits per heavy atom. The van der Waals surface area contributed by atoms with Crippen molar-refractivity contribution in [1.82, 2.24) is 10.2 Å². The number of carboxylic acids is 1. The lowest BCUT2D eigenvalue weighted by Crippen LogP contribution is -2.46. The van der Waals surface area contributed by atoms with Crippen molar-refractivity contribution in [2.75, 3.05) is 38.0 Å². The van der Waals surface area contributed by atoms with Gasteiger partial charge >= 0.3 is 5.97 Å². The Balaban J connectivity index is 1.94. The molecule has 0 aliphatic carbocycles. The molecular weight excluding hydrogens is 258 g/mol. The van der Waals surface area contributed by atoms with Gasteiger partial charge in [-0.05, 0) is 11.6 Å². The molecule has 0 saturated carbocycles. The number of benzene rings is 1. The smallest absolute Gasteiger partial charge is 0.307 e. The summed E-state index contributed by atoms with van der Waals surface area (Å²) in [7, 11) is 0. The molecule has 0 bridgehead atoms. The molecule has 0 spiro atoms. The largest absolute Gasteiger partial charge is 0.481 e. The first-order chi connectivity index (χ1) is 9.65. The minimum atomic E-state index is -0.909. The SMILES string of the molecule is O=C(O)Cc1ccccc1NC(=O)CN1CCNCC1. The van der Waals surface area contributed by atoms with Crippen molar-refractivity contribution in [3.63, 3.8) is 0 Å². The van der Waals surface area contributed by atoms with E-state index in [1.165, 1.54) is 0 Å². The Bertz CT molecular complexity index is 484. The first-order valence-electron chi connectivity index (χ1n) is 6.68. The number of nitrogens with one attached hydrogen (secondary N) is 2. The van der Waals surface area contributed by atoms with Gasteiger partial charge in [0.25, 0.3) is 0 Å². The van der Waals surface area contributed by atoms with E-state index in [1.54, 1.807) is 24.3 Å². The molecule has 1 fully saturated rings. The molecule has 6 heteroatoms. The van der Waals surface area contributed by atoms with Crippen LogP contribution in [0.25, 0.3) is 0 Å². The molecule has 6 nitrogen and oxygen atoms in total. The van der Waals surface area contributed by atoms with Gasteiger partial charge in [0, 0.05) is 31.9 Å². The van der Waals surface area contributed by atoms with Gasteiger partial charge < -0.3 is 15.7 Å². The van der Waals surface area contributed by atoms with E-state index in [0.717, 1.165) is 26.2 Å². The van der Waals surface area contributed by atoms with E-state index in [2.05, 4.69) is 15.5 Å². The van der Waals surface area contributed by atoms with Crippen molar-refractivity contribution in [3.8, 4) is 0 Å². The van der Waals surface area contributed by atoms with Crippen LogP contribution in [0.4, 0.5) is 5.69 Å². The number of hydrogen-bond donors (Lipinski definition) is 3. The van der Waals surface area contributed by atoms with Crippen molar-refractivity contribution >= 4 is 17.6 Å². The highest BCUT2D eigenvalue weighted by molar-refractivity contribution is 5.93. The van der Waals surface area contributed by atoms with Gasteiger partial charge in [-0.2, -0.15) is 0 Å². The number of aliphatic carboxylic acids is 1. The van der Waals surface area contributed by atoms with Gasteiger partial charge in [-0.1, -0.05) is 18.2 Å². The molecule has 0 aromatic heterocycles. The molecule has 0 atom stereocenters. The molecule has 3 N–H and O–H groups in total. The van der Waals surface area contributed by atoms with E-state index in [1.807, 2.05) is 0 Å². The highest BCUT2D eigenvalue weighted by atomic mass is 16.4. The molecule has 1 heterocycles. The molecule has 1 aromatic carbocycles. The predicted molar refractivity (Wildman–Crippen MR) is 75.7 cm³/mol. The number of piperazine rings is 1. The molecular formula is C14H19N3O3. The van der Waals surface area contributed by atoms with Gasteiger partial charge in [0.1, 0.15) is 0 Å². The molecule has 108 valence electrons. The third kappa shape index (κ3) is 4.32. The number of rotatable bonds is 5. The van der Waals surface area contributed by atoms with Gasteiger partial charge in [-0.25, -0.2) is 0 Å². The van der Waals surface area contributed by atoms with Crippen LogP contribution in [0.2, 0.25) is 0 Å². The van der Waals surface area contributed by atoms with Gasteiger partial charge in [-0.3, -0.25) is 14.5 Å². The number of hydrogen-bond acceptors (Lipinski definition) is 4. The van der Waals surface area contributed by atoms with Gasteiger partial charge in [0.05, 0.1) is 13.0 Å². The van der Waals surface area contributed by atoms with Crippen LogP contribution in [0.3, 0.4) is 0 Å². The first kappa shape index (κ1) is 14.5. The molecule has 20 heavy (non-hydrogen) atoms. The summed E-state index contributed by atoms with van der Waals surface area (Å²) in [5, 5.41) is 14.9. The predicted octanol–water partition coefficient (Wildman–Crippen LogP) is 0.157. The summed E-state index contributed by atoms with van der Waals surface area (Å²) in [6.07, 6.45) is -0.0932. The summed E-state index contributed by atoms with van der Waals surface area (Å²) in [4.78, 5) is 24.9. The van der Waals surface area contributed by atoms with E-state index in [-0.39, 0.29) is 12.3 Å². The number of nitrogens with zero attached hydrogens (tertiary/aromatic N) is 1. The topological polar surface area (TPSA) is 81.7 Å². The van der Waals surface area contributed by atoms with Crippen LogP contribution < -0.4 is 10.6 Å². The standard InChI is InChI=1S/C14H19N3O3/c18-13(10-17-7-5-15-6-8-17)16-12-4-2-1-3-11(12)9-14(19)20/h1-4,15H,5-10H2,(H,16,18)(H,19,20). The molecule has 0 unspecified atom stereocenters. The molecule has 1 amide bonds. The monoisotopic (exact) mass is 277 g/mol. The lowest BCUT2D eigenvalue weighted by molar-refractivity contribution is -0.136. The zero-order valence-corrected chi connectivity index (χ0v) is 11.3. The number of carbonyl (C=O) groups excluding carboxylic acids is 1. The summed E-state index contributed by atoms with van der Waals surface area (Å²) in [6, 6.07) is 7.00. The molecule has 1 saturated heterocycles. The third-order valence-corrected chi connectivity index (χ3v) is 3.21. The fourth-order valence-corrected chi connectivity index (χ4v) is 2.22. The minimum Gasteiger partial charge on any atom is -0.481 e. The molecule has 1 aromatic rings. The van der Waals surface area contributed by atoms with Crippen molar-refractivity contribution < 1.29 is 14.7 Å². The lowest BCUT2D eigenvalue weighted by Gasteiger charge is -2.26. The van der Waals surface area contributed by atoms with Crippen LogP contribution >= 0.6 is 0 Å². The highest BCUT2D eigenvalue weighted by Gasteiger charge is 2.15. The summed E-state index contributed by atoms with van der Waals surface area (Å²) in [5.41, 5.74) is 1.20. The molecule has 0 radical (unpaired) electrons. The second-order valence-electron chi connectivity index (χ2n) is 4.80. The number of carboxylic acid groups (broad SMARTS) is 1. The normalized spacial score (nSPS) is 15.8. The van der Waals surface area contributed by atoms with Crippen molar-refractivity contribution in [3.05, 3.63) is 29.8 Å². The average molecular weight is 277 g/mol. The zero-order valence-electron chi connectivity index (χ0n) is 11.3. The van der Waals surface area contributed by atoms with E-state index in [9.17, 15) is 9.59 Å². The summed E-state index contributed by atoms with van der Waals surface area (Å²) in [6.45, 7) is 3.82. The second kappa shape index (κ2) is 7.02. The van der Waals surface area contributed by atoms with E-state index < -0.39 is 5.97 Å². The van der Waals surface area contributed by atoms with E-state index in [0.29, 0.717) is 17.8 Å². The van der Waals surface area contributed by atoms with E-state index >= 15 is 0 Å². The van der Waals surface area contributed by atoms with Crippen LogP contribution in [-0.4, -0.2) is 54.6 Å². The molecule has 1 aliphatic heterocycles. The zero-order chi connectivity index (χ0) is 14.4. The molecule has 2 rings (SSSR count). The maximum Gasteiger partial charge on any atom is 0.307 e. The maximum absolute atomic E-state index is 12.0. The summed E-state index contributed by atoms with van der Waals surface area (Å²) >= 11 is 0. The van der Waals surface area contributed by atoms with Gasteiger partial charge in [0.15, 0.2) is 0 Å². The number of anilines is 1. The Morgan fingerprint density at radius 3 is 2.65 bits per heavy atom. The quantitative estimate of drug-likeness (QED) is 0.714. The fraction of sp³-hybridized carbons (Fsp3) is 0.429. The third-order valence-electron chi connectivity index (χ3n) is 3.21. The van der Waals surface area contributed by atoms with E-state index in [4.69, 9.17) is 5.11 Å². The maximum atomic E-state index is 12.0.